The molecule has 4 heteroatoms. The zero-order valence-corrected chi connectivity index (χ0v) is 12.4. The number of fused-ring (bicyclic) bond motifs is 2. The molecule has 0 amide bonds. The standard InChI is InChI=1S/C16H25N3O/c1-11-17-16(18-20-11)9-13-3-2-6-19(10-13)15-8-12-4-5-14(15)7-12/h12-15H,2-10H2,1H3/t12-,13-,14-,15+/m0/s1. The van der Waals surface area contributed by atoms with E-state index in [1.165, 1.54) is 51.6 Å². The van der Waals surface area contributed by atoms with Gasteiger partial charge in [0.25, 0.3) is 0 Å². The average molecular weight is 275 g/mol. The number of aryl methyl sites for hydroxylation is 1. The zero-order chi connectivity index (χ0) is 13.5. The smallest absolute Gasteiger partial charge is 0.223 e. The first kappa shape index (κ1) is 12.8. The van der Waals surface area contributed by atoms with Crippen LogP contribution < -0.4 is 0 Å². The fraction of sp³-hybridized carbons (Fsp3) is 0.875. The highest BCUT2D eigenvalue weighted by atomic mass is 16.5. The third-order valence-electron chi connectivity index (χ3n) is 5.76. The first-order valence-electron chi connectivity index (χ1n) is 8.31. The molecular weight excluding hydrogens is 250 g/mol. The molecule has 0 unspecified atom stereocenters. The lowest BCUT2D eigenvalue weighted by atomic mass is 9.88. The van der Waals surface area contributed by atoms with E-state index in [1.54, 1.807) is 0 Å². The second-order valence-electron chi connectivity index (χ2n) is 7.18. The second-order valence-corrected chi connectivity index (χ2v) is 7.18. The van der Waals surface area contributed by atoms with Gasteiger partial charge >= 0.3 is 0 Å². The molecule has 2 aliphatic carbocycles. The van der Waals surface area contributed by atoms with Crippen LogP contribution in [0.1, 0.15) is 50.2 Å². The number of hydrogen-bond acceptors (Lipinski definition) is 4. The van der Waals surface area contributed by atoms with Crippen LogP contribution in [0.25, 0.3) is 0 Å². The molecule has 4 rings (SSSR count). The van der Waals surface area contributed by atoms with Crippen molar-refractivity contribution in [3.63, 3.8) is 0 Å². The van der Waals surface area contributed by atoms with Crippen molar-refractivity contribution in [3.05, 3.63) is 11.7 Å². The third kappa shape index (κ3) is 2.39. The molecule has 0 aromatic carbocycles. The minimum Gasteiger partial charge on any atom is -0.340 e. The summed E-state index contributed by atoms with van der Waals surface area (Å²) in [7, 11) is 0. The summed E-state index contributed by atoms with van der Waals surface area (Å²) in [5.74, 6) is 4.37. The maximum Gasteiger partial charge on any atom is 0.223 e. The van der Waals surface area contributed by atoms with E-state index in [-0.39, 0.29) is 0 Å². The molecule has 1 saturated heterocycles. The van der Waals surface area contributed by atoms with Gasteiger partial charge in [-0.05, 0) is 56.4 Å². The van der Waals surface area contributed by atoms with E-state index in [0.717, 1.165) is 36.0 Å². The molecule has 4 atom stereocenters. The van der Waals surface area contributed by atoms with Crippen LogP contribution in [0.4, 0.5) is 0 Å². The van der Waals surface area contributed by atoms with E-state index >= 15 is 0 Å². The van der Waals surface area contributed by atoms with Gasteiger partial charge in [-0.25, -0.2) is 0 Å². The van der Waals surface area contributed by atoms with E-state index < -0.39 is 0 Å². The number of likely N-dealkylation sites (tertiary alicyclic amines) is 1. The molecule has 0 spiro atoms. The maximum atomic E-state index is 5.10. The first-order chi connectivity index (χ1) is 9.78. The normalized spacial score (nSPS) is 37.6. The van der Waals surface area contributed by atoms with Crippen molar-refractivity contribution < 1.29 is 4.52 Å². The SMILES string of the molecule is Cc1nc(C[C@@H]2CCCN([C@@H]3C[C@H]4CC[C@H]3C4)C2)no1. The fourth-order valence-corrected chi connectivity index (χ4v) is 4.91. The molecule has 2 bridgehead atoms. The Balaban J connectivity index is 1.38. The van der Waals surface area contributed by atoms with Gasteiger partial charge in [-0.3, -0.25) is 4.90 Å². The lowest BCUT2D eigenvalue weighted by Crippen LogP contribution is -2.45. The highest BCUT2D eigenvalue weighted by molar-refractivity contribution is 4.97. The van der Waals surface area contributed by atoms with E-state index in [4.69, 9.17) is 4.52 Å². The minimum absolute atomic E-state index is 0.695. The Morgan fingerprint density at radius 3 is 2.90 bits per heavy atom. The summed E-state index contributed by atoms with van der Waals surface area (Å²) in [6.45, 7) is 4.44. The second kappa shape index (κ2) is 5.14. The number of nitrogens with zero attached hydrogens (tertiary/aromatic N) is 3. The highest BCUT2D eigenvalue weighted by Crippen LogP contribution is 2.47. The van der Waals surface area contributed by atoms with Gasteiger partial charge in [0, 0.05) is 25.9 Å². The molecule has 20 heavy (non-hydrogen) atoms. The topological polar surface area (TPSA) is 42.2 Å². The van der Waals surface area contributed by atoms with Gasteiger partial charge in [-0.15, -0.1) is 0 Å². The molecule has 2 saturated carbocycles. The van der Waals surface area contributed by atoms with Crippen LogP contribution in [-0.4, -0.2) is 34.2 Å². The molecule has 2 heterocycles. The Hall–Kier alpha value is -0.900. The van der Waals surface area contributed by atoms with Crippen LogP contribution in [0.2, 0.25) is 0 Å². The van der Waals surface area contributed by atoms with Crippen molar-refractivity contribution in [1.82, 2.24) is 15.0 Å². The largest absolute Gasteiger partial charge is 0.340 e. The Morgan fingerprint density at radius 2 is 2.20 bits per heavy atom. The van der Waals surface area contributed by atoms with Gasteiger partial charge in [0.1, 0.15) is 0 Å². The predicted octanol–water partition coefficient (Wildman–Crippen LogP) is 2.82. The quantitative estimate of drug-likeness (QED) is 0.850. The Morgan fingerprint density at radius 1 is 1.25 bits per heavy atom. The molecule has 1 aliphatic heterocycles. The molecule has 3 aliphatic rings. The Labute approximate surface area is 120 Å². The van der Waals surface area contributed by atoms with Crippen molar-refractivity contribution in [1.29, 1.82) is 0 Å². The highest BCUT2D eigenvalue weighted by Gasteiger charge is 2.43. The van der Waals surface area contributed by atoms with Crippen molar-refractivity contribution in [3.8, 4) is 0 Å². The lowest BCUT2D eigenvalue weighted by Gasteiger charge is -2.40. The van der Waals surface area contributed by atoms with Gasteiger partial charge in [-0.2, -0.15) is 4.98 Å². The molecule has 110 valence electrons. The Bertz CT molecular complexity index is 472. The molecule has 3 fully saturated rings. The molecular formula is C16H25N3O. The first-order valence-corrected chi connectivity index (χ1v) is 8.31. The molecule has 1 aromatic heterocycles. The summed E-state index contributed by atoms with van der Waals surface area (Å²) >= 11 is 0. The maximum absolute atomic E-state index is 5.10. The molecule has 4 nitrogen and oxygen atoms in total. The van der Waals surface area contributed by atoms with Gasteiger partial charge < -0.3 is 4.52 Å². The minimum atomic E-state index is 0.695. The van der Waals surface area contributed by atoms with Crippen LogP contribution in [-0.2, 0) is 6.42 Å². The van der Waals surface area contributed by atoms with Gasteiger partial charge in [0.15, 0.2) is 5.82 Å². The number of rotatable bonds is 3. The van der Waals surface area contributed by atoms with Crippen LogP contribution in [0.5, 0.6) is 0 Å². The van der Waals surface area contributed by atoms with Crippen LogP contribution in [0, 0.1) is 24.7 Å². The fourth-order valence-electron chi connectivity index (χ4n) is 4.91. The van der Waals surface area contributed by atoms with Crippen LogP contribution in [0.15, 0.2) is 4.52 Å². The summed E-state index contributed by atoms with van der Waals surface area (Å²) in [6.07, 6.45) is 9.63. The van der Waals surface area contributed by atoms with E-state index in [0.29, 0.717) is 5.89 Å². The number of aromatic nitrogens is 2. The van der Waals surface area contributed by atoms with Gasteiger partial charge in [-0.1, -0.05) is 11.6 Å². The summed E-state index contributed by atoms with van der Waals surface area (Å²) in [6, 6.07) is 0.892. The monoisotopic (exact) mass is 275 g/mol. The van der Waals surface area contributed by atoms with Crippen molar-refractivity contribution >= 4 is 0 Å². The number of piperidine rings is 1. The van der Waals surface area contributed by atoms with Crippen molar-refractivity contribution in [2.75, 3.05) is 13.1 Å². The summed E-state index contributed by atoms with van der Waals surface area (Å²) in [5.41, 5.74) is 0. The Kier molecular flexibility index (Phi) is 3.29. The predicted molar refractivity (Wildman–Crippen MR) is 76.3 cm³/mol. The third-order valence-corrected chi connectivity index (χ3v) is 5.76. The van der Waals surface area contributed by atoms with Gasteiger partial charge in [0.2, 0.25) is 5.89 Å². The van der Waals surface area contributed by atoms with Gasteiger partial charge in [0.05, 0.1) is 0 Å². The number of hydrogen-bond donors (Lipinski definition) is 0. The van der Waals surface area contributed by atoms with E-state index in [9.17, 15) is 0 Å². The molecule has 0 N–H and O–H groups in total. The van der Waals surface area contributed by atoms with E-state index in [2.05, 4.69) is 15.0 Å². The zero-order valence-electron chi connectivity index (χ0n) is 12.4. The molecule has 1 aromatic rings. The average Bonchev–Trinajstić information content (AvgIpc) is 3.16. The van der Waals surface area contributed by atoms with Crippen molar-refractivity contribution in [2.45, 2.75) is 57.9 Å². The molecule has 0 radical (unpaired) electrons. The van der Waals surface area contributed by atoms with E-state index in [1.807, 2.05) is 6.92 Å². The lowest BCUT2D eigenvalue weighted by molar-refractivity contribution is 0.0878. The summed E-state index contributed by atoms with van der Waals surface area (Å²) in [5, 5.41) is 4.07. The van der Waals surface area contributed by atoms with Crippen molar-refractivity contribution in [2.24, 2.45) is 17.8 Å². The van der Waals surface area contributed by atoms with Crippen LogP contribution >= 0.6 is 0 Å². The van der Waals surface area contributed by atoms with Crippen LogP contribution in [0.3, 0.4) is 0 Å². The summed E-state index contributed by atoms with van der Waals surface area (Å²) in [4.78, 5) is 7.17. The summed E-state index contributed by atoms with van der Waals surface area (Å²) < 4.78 is 5.10.